The molecule has 0 spiro atoms. The van der Waals surface area contributed by atoms with Gasteiger partial charge in [0.1, 0.15) is 0 Å². The lowest BCUT2D eigenvalue weighted by Gasteiger charge is -2.45. The molecule has 0 aromatic heterocycles. The van der Waals surface area contributed by atoms with Crippen molar-refractivity contribution in [2.75, 3.05) is 23.7 Å². The van der Waals surface area contributed by atoms with Crippen LogP contribution in [-0.2, 0) is 16.4 Å². The van der Waals surface area contributed by atoms with Gasteiger partial charge in [0, 0.05) is 30.9 Å². The summed E-state index contributed by atoms with van der Waals surface area (Å²) >= 11 is 0. The van der Waals surface area contributed by atoms with Gasteiger partial charge in [-0.05, 0) is 38.0 Å². The lowest BCUT2D eigenvalue weighted by atomic mass is 10.1. The Bertz CT molecular complexity index is 766. The quantitative estimate of drug-likeness (QED) is 0.824. The van der Waals surface area contributed by atoms with Gasteiger partial charge in [-0.3, -0.25) is 0 Å². The summed E-state index contributed by atoms with van der Waals surface area (Å²) in [5.41, 5.74) is 2.22. The predicted octanol–water partition coefficient (Wildman–Crippen LogP) is 3.16. The van der Waals surface area contributed by atoms with Crippen LogP contribution in [0.15, 0.2) is 60.7 Å². The Morgan fingerprint density at radius 2 is 1.40 bits per heavy atom. The molecule has 134 valence electrons. The van der Waals surface area contributed by atoms with Crippen LogP contribution in [0.2, 0.25) is 0 Å². The maximum Gasteiger partial charge on any atom is 0.214 e. The summed E-state index contributed by atoms with van der Waals surface area (Å²) in [5.74, 6) is 0.168. The Kier molecular flexibility index (Phi) is 5.45. The van der Waals surface area contributed by atoms with Crippen molar-refractivity contribution in [3.8, 4) is 0 Å². The molecule has 3 rings (SSSR count). The van der Waals surface area contributed by atoms with Crippen LogP contribution >= 0.6 is 0 Å². The second-order valence-electron chi connectivity index (χ2n) is 6.81. The minimum atomic E-state index is -3.25. The van der Waals surface area contributed by atoms with Crippen LogP contribution in [0.25, 0.3) is 0 Å². The summed E-state index contributed by atoms with van der Waals surface area (Å²) in [6.45, 7) is 5.28. The molecule has 1 heterocycles. The number of aryl methyl sites for hydroxylation is 1. The summed E-state index contributed by atoms with van der Waals surface area (Å²) in [7, 11) is -3.25. The number of sulfonamides is 1. The average Bonchev–Trinajstić information content (AvgIpc) is 2.61. The molecule has 0 bridgehead atoms. The van der Waals surface area contributed by atoms with Crippen molar-refractivity contribution in [1.82, 2.24) is 4.31 Å². The standard InChI is InChI=1S/C20H26N2O2S/c1-17-15-21(16-18(2)22(17)20-11-7-4-8-12-20)25(23,24)14-13-19-9-5-3-6-10-19/h3-12,17-18H,13-16H2,1-2H3. The van der Waals surface area contributed by atoms with Gasteiger partial charge in [-0.25, -0.2) is 8.42 Å². The van der Waals surface area contributed by atoms with Gasteiger partial charge in [0.05, 0.1) is 5.75 Å². The van der Waals surface area contributed by atoms with Gasteiger partial charge in [0.25, 0.3) is 0 Å². The zero-order chi connectivity index (χ0) is 17.9. The van der Waals surface area contributed by atoms with E-state index in [2.05, 4.69) is 30.9 Å². The fourth-order valence-corrected chi connectivity index (χ4v) is 5.27. The molecular weight excluding hydrogens is 332 g/mol. The first-order valence-corrected chi connectivity index (χ1v) is 10.4. The third kappa shape index (κ3) is 4.22. The van der Waals surface area contributed by atoms with Crippen molar-refractivity contribution in [2.24, 2.45) is 0 Å². The van der Waals surface area contributed by atoms with E-state index in [0.29, 0.717) is 19.5 Å². The second kappa shape index (κ2) is 7.58. The van der Waals surface area contributed by atoms with Crippen molar-refractivity contribution in [3.05, 3.63) is 66.2 Å². The maximum absolute atomic E-state index is 12.8. The predicted molar refractivity (Wildman–Crippen MR) is 103 cm³/mol. The molecule has 0 aliphatic carbocycles. The van der Waals surface area contributed by atoms with Crippen LogP contribution in [0, 0.1) is 0 Å². The Balaban J connectivity index is 1.68. The molecule has 25 heavy (non-hydrogen) atoms. The normalized spacial score (nSPS) is 22.1. The molecule has 0 radical (unpaired) electrons. The molecular formula is C20H26N2O2S. The van der Waals surface area contributed by atoms with Crippen LogP contribution in [0.1, 0.15) is 19.4 Å². The molecule has 5 heteroatoms. The van der Waals surface area contributed by atoms with E-state index in [4.69, 9.17) is 0 Å². The molecule has 0 N–H and O–H groups in total. The zero-order valence-corrected chi connectivity index (χ0v) is 15.7. The van der Waals surface area contributed by atoms with Crippen LogP contribution in [0.3, 0.4) is 0 Å². The van der Waals surface area contributed by atoms with E-state index in [1.807, 2.05) is 48.5 Å². The summed E-state index contributed by atoms with van der Waals surface area (Å²) < 4.78 is 27.3. The summed E-state index contributed by atoms with van der Waals surface area (Å²) in [6, 6.07) is 20.3. The molecule has 4 nitrogen and oxygen atoms in total. The van der Waals surface area contributed by atoms with Crippen molar-refractivity contribution in [2.45, 2.75) is 32.4 Å². The molecule has 1 fully saturated rings. The van der Waals surface area contributed by atoms with Gasteiger partial charge in [-0.1, -0.05) is 48.5 Å². The summed E-state index contributed by atoms with van der Waals surface area (Å²) in [5, 5.41) is 0. The van der Waals surface area contributed by atoms with Gasteiger partial charge in [0.15, 0.2) is 0 Å². The Labute approximate surface area is 151 Å². The number of anilines is 1. The minimum absolute atomic E-state index is 0.151. The van der Waals surface area contributed by atoms with Gasteiger partial charge in [-0.15, -0.1) is 0 Å². The summed E-state index contributed by atoms with van der Waals surface area (Å²) in [4.78, 5) is 2.32. The fraction of sp³-hybridized carbons (Fsp3) is 0.400. The van der Waals surface area contributed by atoms with Crippen molar-refractivity contribution >= 4 is 15.7 Å². The SMILES string of the molecule is CC1CN(S(=O)(=O)CCc2ccccc2)CC(C)N1c1ccccc1. The number of para-hydroxylation sites is 1. The minimum Gasteiger partial charge on any atom is -0.363 e. The average molecular weight is 359 g/mol. The first-order valence-electron chi connectivity index (χ1n) is 8.82. The molecule has 2 atom stereocenters. The first kappa shape index (κ1) is 18.0. The Hall–Kier alpha value is -1.85. The number of benzene rings is 2. The third-order valence-corrected chi connectivity index (χ3v) is 6.63. The zero-order valence-electron chi connectivity index (χ0n) is 14.9. The third-order valence-electron chi connectivity index (χ3n) is 4.82. The molecule has 2 aromatic rings. The Morgan fingerprint density at radius 1 is 0.880 bits per heavy atom. The van der Waals surface area contributed by atoms with E-state index >= 15 is 0 Å². The van der Waals surface area contributed by atoms with E-state index in [-0.39, 0.29) is 17.8 Å². The maximum atomic E-state index is 12.8. The fourth-order valence-electron chi connectivity index (χ4n) is 3.63. The molecule has 1 saturated heterocycles. The topological polar surface area (TPSA) is 40.6 Å². The molecule has 1 aliphatic rings. The molecule has 1 aliphatic heterocycles. The molecule has 2 unspecified atom stereocenters. The van der Waals surface area contributed by atoms with E-state index in [0.717, 1.165) is 11.3 Å². The lowest BCUT2D eigenvalue weighted by Crippen LogP contribution is -2.58. The number of hydrogen-bond acceptors (Lipinski definition) is 3. The van der Waals surface area contributed by atoms with Crippen LogP contribution in [-0.4, -0.2) is 43.6 Å². The van der Waals surface area contributed by atoms with Crippen LogP contribution in [0.5, 0.6) is 0 Å². The van der Waals surface area contributed by atoms with Crippen molar-refractivity contribution < 1.29 is 8.42 Å². The highest BCUT2D eigenvalue weighted by atomic mass is 32.2. The van der Waals surface area contributed by atoms with Gasteiger partial charge in [0.2, 0.25) is 10.0 Å². The first-order chi connectivity index (χ1) is 12.0. The van der Waals surface area contributed by atoms with Crippen molar-refractivity contribution in [1.29, 1.82) is 0 Å². The number of rotatable bonds is 5. The van der Waals surface area contributed by atoms with E-state index in [1.54, 1.807) is 4.31 Å². The van der Waals surface area contributed by atoms with Gasteiger partial charge < -0.3 is 4.90 Å². The van der Waals surface area contributed by atoms with Gasteiger partial charge >= 0.3 is 0 Å². The number of nitrogens with zero attached hydrogens (tertiary/aromatic N) is 2. The van der Waals surface area contributed by atoms with E-state index in [1.165, 1.54) is 0 Å². The molecule has 0 amide bonds. The molecule has 2 aromatic carbocycles. The highest BCUT2D eigenvalue weighted by Gasteiger charge is 2.35. The van der Waals surface area contributed by atoms with Crippen LogP contribution < -0.4 is 4.90 Å². The number of hydrogen-bond donors (Lipinski definition) is 0. The Morgan fingerprint density at radius 3 is 1.96 bits per heavy atom. The smallest absolute Gasteiger partial charge is 0.214 e. The highest BCUT2D eigenvalue weighted by molar-refractivity contribution is 7.89. The monoisotopic (exact) mass is 358 g/mol. The van der Waals surface area contributed by atoms with Gasteiger partial charge in [-0.2, -0.15) is 4.31 Å². The lowest BCUT2D eigenvalue weighted by molar-refractivity contribution is 0.301. The summed E-state index contributed by atoms with van der Waals surface area (Å²) in [6.07, 6.45) is 0.560. The highest BCUT2D eigenvalue weighted by Crippen LogP contribution is 2.25. The van der Waals surface area contributed by atoms with Crippen molar-refractivity contribution in [3.63, 3.8) is 0 Å². The van der Waals surface area contributed by atoms with Crippen LogP contribution in [0.4, 0.5) is 5.69 Å². The van der Waals surface area contributed by atoms with E-state index in [9.17, 15) is 8.42 Å². The largest absolute Gasteiger partial charge is 0.363 e. The number of piperazine rings is 1. The molecule has 0 saturated carbocycles. The second-order valence-corrected chi connectivity index (χ2v) is 8.90. The van der Waals surface area contributed by atoms with E-state index < -0.39 is 10.0 Å².